The van der Waals surface area contributed by atoms with E-state index in [1.165, 1.54) is 18.5 Å². The molecule has 1 aromatic carbocycles. The fraction of sp³-hybridized carbons (Fsp3) is 0.500. The number of benzene rings is 1. The quantitative estimate of drug-likeness (QED) is 0.744. The highest BCUT2D eigenvalue weighted by Gasteiger charge is 2.27. The molecule has 0 aliphatic carbocycles. The highest BCUT2D eigenvalue weighted by molar-refractivity contribution is 5.68. The topological polar surface area (TPSA) is 70.6 Å². The van der Waals surface area contributed by atoms with Crippen molar-refractivity contribution in [1.29, 1.82) is 0 Å². The summed E-state index contributed by atoms with van der Waals surface area (Å²) in [5.41, 5.74) is -0.354. The van der Waals surface area contributed by atoms with Crippen LogP contribution in [0.4, 0.5) is 30.9 Å². The van der Waals surface area contributed by atoms with Gasteiger partial charge in [0.1, 0.15) is 35.2 Å². The van der Waals surface area contributed by atoms with E-state index in [4.69, 9.17) is 4.74 Å². The van der Waals surface area contributed by atoms with E-state index in [1.807, 2.05) is 32.7 Å². The monoisotopic (exact) mass is 433 g/mol. The molecule has 0 atom stereocenters. The standard InChI is InChI=1S/C22H29F2N5O2/c1-22(2,3)31-21(30)29-9-7-15(8-10-29)13-28(4)20-12-19(25-14-26-20)27-18-6-5-16(23)11-17(18)24/h5-6,11-12,14-15H,7-10,13H2,1-4H3,(H,25,26,27). The van der Waals surface area contributed by atoms with Gasteiger partial charge in [-0.15, -0.1) is 0 Å². The highest BCUT2D eigenvalue weighted by atomic mass is 19.1. The van der Waals surface area contributed by atoms with Crippen LogP contribution in [0, 0.1) is 17.6 Å². The molecule has 2 heterocycles. The molecule has 0 bridgehead atoms. The number of anilines is 3. The second-order valence-electron chi connectivity index (χ2n) is 8.80. The van der Waals surface area contributed by atoms with Crippen molar-refractivity contribution in [2.75, 3.05) is 36.9 Å². The molecule has 3 rings (SSSR count). The van der Waals surface area contributed by atoms with E-state index >= 15 is 0 Å². The molecule has 1 aromatic heterocycles. The van der Waals surface area contributed by atoms with Gasteiger partial charge in [0.2, 0.25) is 0 Å². The van der Waals surface area contributed by atoms with Crippen LogP contribution < -0.4 is 10.2 Å². The number of likely N-dealkylation sites (tertiary alicyclic amines) is 1. The van der Waals surface area contributed by atoms with Gasteiger partial charge in [0, 0.05) is 38.8 Å². The summed E-state index contributed by atoms with van der Waals surface area (Å²) >= 11 is 0. The van der Waals surface area contributed by atoms with Crippen LogP contribution in [0.3, 0.4) is 0 Å². The number of halogens is 2. The Bertz CT molecular complexity index is 911. The number of piperidine rings is 1. The van der Waals surface area contributed by atoms with Crippen molar-refractivity contribution >= 4 is 23.4 Å². The van der Waals surface area contributed by atoms with Crippen LogP contribution in [0.25, 0.3) is 0 Å². The van der Waals surface area contributed by atoms with Gasteiger partial charge in [-0.2, -0.15) is 0 Å². The molecule has 1 aliphatic rings. The number of nitrogens with one attached hydrogen (secondary N) is 1. The molecule has 1 N–H and O–H groups in total. The van der Waals surface area contributed by atoms with Crippen LogP contribution in [-0.2, 0) is 4.74 Å². The van der Waals surface area contributed by atoms with E-state index in [0.717, 1.165) is 25.5 Å². The third kappa shape index (κ3) is 6.50. The molecule has 0 unspecified atom stereocenters. The largest absolute Gasteiger partial charge is 0.444 e. The number of amides is 1. The Balaban J connectivity index is 1.55. The Morgan fingerprint density at radius 2 is 1.94 bits per heavy atom. The van der Waals surface area contributed by atoms with E-state index in [2.05, 4.69) is 15.3 Å². The Morgan fingerprint density at radius 3 is 2.58 bits per heavy atom. The van der Waals surface area contributed by atoms with Crippen LogP contribution in [-0.4, -0.2) is 53.2 Å². The zero-order valence-corrected chi connectivity index (χ0v) is 18.4. The molecule has 0 spiro atoms. The number of carbonyl (C=O) groups is 1. The summed E-state index contributed by atoms with van der Waals surface area (Å²) in [5, 5.41) is 2.86. The van der Waals surface area contributed by atoms with Crippen LogP contribution in [0.5, 0.6) is 0 Å². The van der Waals surface area contributed by atoms with Crippen molar-refractivity contribution in [3.05, 3.63) is 42.2 Å². The van der Waals surface area contributed by atoms with E-state index < -0.39 is 17.2 Å². The van der Waals surface area contributed by atoms with Gasteiger partial charge in [0.05, 0.1) is 5.69 Å². The molecule has 1 amide bonds. The smallest absolute Gasteiger partial charge is 0.410 e. The first-order chi connectivity index (χ1) is 14.6. The maximum Gasteiger partial charge on any atom is 0.410 e. The first-order valence-corrected chi connectivity index (χ1v) is 10.3. The normalized spacial score (nSPS) is 15.0. The summed E-state index contributed by atoms with van der Waals surface area (Å²) < 4.78 is 32.4. The average Bonchev–Trinajstić information content (AvgIpc) is 2.69. The number of aromatic nitrogens is 2. The fourth-order valence-electron chi connectivity index (χ4n) is 3.46. The minimum Gasteiger partial charge on any atom is -0.444 e. The fourth-order valence-corrected chi connectivity index (χ4v) is 3.46. The van der Waals surface area contributed by atoms with E-state index in [9.17, 15) is 13.6 Å². The lowest BCUT2D eigenvalue weighted by atomic mass is 9.96. The van der Waals surface area contributed by atoms with Crippen molar-refractivity contribution in [2.24, 2.45) is 5.92 Å². The zero-order valence-electron chi connectivity index (χ0n) is 18.4. The van der Waals surface area contributed by atoms with Gasteiger partial charge in [0.25, 0.3) is 0 Å². The molecule has 0 saturated carbocycles. The third-order valence-electron chi connectivity index (χ3n) is 5.04. The van der Waals surface area contributed by atoms with E-state index in [0.29, 0.717) is 30.6 Å². The van der Waals surface area contributed by atoms with E-state index in [-0.39, 0.29) is 11.8 Å². The van der Waals surface area contributed by atoms with Crippen molar-refractivity contribution in [2.45, 2.75) is 39.2 Å². The summed E-state index contributed by atoms with van der Waals surface area (Å²) in [7, 11) is 1.94. The highest BCUT2D eigenvalue weighted by Crippen LogP contribution is 2.24. The van der Waals surface area contributed by atoms with Gasteiger partial charge in [-0.05, 0) is 51.7 Å². The predicted molar refractivity (Wildman–Crippen MR) is 115 cm³/mol. The maximum atomic E-state index is 13.9. The number of rotatable bonds is 5. The zero-order chi connectivity index (χ0) is 22.6. The van der Waals surface area contributed by atoms with E-state index in [1.54, 1.807) is 11.0 Å². The second-order valence-corrected chi connectivity index (χ2v) is 8.80. The lowest BCUT2D eigenvalue weighted by Gasteiger charge is -2.35. The minimum absolute atomic E-state index is 0.142. The van der Waals surface area contributed by atoms with Crippen molar-refractivity contribution in [3.8, 4) is 0 Å². The lowest BCUT2D eigenvalue weighted by Crippen LogP contribution is -2.43. The lowest BCUT2D eigenvalue weighted by molar-refractivity contribution is 0.0186. The van der Waals surface area contributed by atoms with Crippen molar-refractivity contribution in [3.63, 3.8) is 0 Å². The van der Waals surface area contributed by atoms with Crippen molar-refractivity contribution < 1.29 is 18.3 Å². The van der Waals surface area contributed by atoms with Crippen LogP contribution >= 0.6 is 0 Å². The number of hydrogen-bond acceptors (Lipinski definition) is 6. The number of nitrogens with zero attached hydrogens (tertiary/aromatic N) is 4. The molecule has 0 radical (unpaired) electrons. The molecular weight excluding hydrogens is 404 g/mol. The molecule has 7 nitrogen and oxygen atoms in total. The molecule has 168 valence electrons. The average molecular weight is 434 g/mol. The Kier molecular flexibility index (Phi) is 6.92. The van der Waals surface area contributed by atoms with Crippen molar-refractivity contribution in [1.82, 2.24) is 14.9 Å². The summed E-state index contributed by atoms with van der Waals surface area (Å²) in [6.45, 7) is 7.68. The van der Waals surface area contributed by atoms with Crippen LogP contribution in [0.15, 0.2) is 30.6 Å². The van der Waals surface area contributed by atoms with Crippen LogP contribution in [0.1, 0.15) is 33.6 Å². The van der Waals surface area contributed by atoms with Gasteiger partial charge in [0.15, 0.2) is 0 Å². The SMILES string of the molecule is CN(CC1CCN(C(=O)OC(C)(C)C)CC1)c1cc(Nc2ccc(F)cc2F)ncn1. The summed E-state index contributed by atoms with van der Waals surface area (Å²) in [4.78, 5) is 24.4. The Morgan fingerprint density at radius 1 is 1.23 bits per heavy atom. The number of carbonyl (C=O) groups excluding carboxylic acids is 1. The molecule has 1 fully saturated rings. The third-order valence-corrected chi connectivity index (χ3v) is 5.04. The number of ether oxygens (including phenoxy) is 1. The second kappa shape index (κ2) is 9.45. The summed E-state index contributed by atoms with van der Waals surface area (Å²) in [6.07, 6.45) is 2.89. The Labute approximate surface area is 181 Å². The molecule has 1 aliphatic heterocycles. The molecule has 9 heteroatoms. The van der Waals surface area contributed by atoms with Gasteiger partial charge in [-0.25, -0.2) is 23.5 Å². The first-order valence-electron chi connectivity index (χ1n) is 10.3. The summed E-state index contributed by atoms with van der Waals surface area (Å²) in [5.74, 6) is 0.190. The maximum absolute atomic E-state index is 13.9. The van der Waals surface area contributed by atoms with Gasteiger partial charge in [-0.3, -0.25) is 0 Å². The van der Waals surface area contributed by atoms with Gasteiger partial charge < -0.3 is 19.9 Å². The molecule has 1 saturated heterocycles. The van der Waals surface area contributed by atoms with Gasteiger partial charge >= 0.3 is 6.09 Å². The molecular formula is C22H29F2N5O2. The Hall–Kier alpha value is -2.97. The van der Waals surface area contributed by atoms with Crippen LogP contribution in [0.2, 0.25) is 0 Å². The number of hydrogen-bond donors (Lipinski definition) is 1. The molecule has 2 aromatic rings. The summed E-state index contributed by atoms with van der Waals surface area (Å²) in [6, 6.07) is 5.05. The predicted octanol–water partition coefficient (Wildman–Crippen LogP) is 4.58. The molecule has 31 heavy (non-hydrogen) atoms. The minimum atomic E-state index is -0.690. The first kappa shape index (κ1) is 22.7. The van der Waals surface area contributed by atoms with Gasteiger partial charge in [-0.1, -0.05) is 0 Å².